The molecule has 0 atom stereocenters. The van der Waals surface area contributed by atoms with Gasteiger partial charge in [-0.1, -0.05) is 55.3 Å². The molecule has 0 aliphatic carbocycles. The second-order valence-corrected chi connectivity index (χ2v) is 8.67. The molecule has 4 rings (SSSR count). The first-order valence-electron chi connectivity index (χ1n) is 8.13. The summed E-state index contributed by atoms with van der Waals surface area (Å²) in [6.45, 7) is 0.354. The molecular weight excluding hydrogens is 490 g/mol. The van der Waals surface area contributed by atoms with Gasteiger partial charge in [0.1, 0.15) is 0 Å². The Labute approximate surface area is 177 Å². The largest absolute Gasteiger partial charge is 0.278 e. The highest BCUT2D eigenvalue weighted by Crippen LogP contribution is 2.32. The van der Waals surface area contributed by atoms with E-state index >= 15 is 0 Å². The number of thiazole rings is 1. The summed E-state index contributed by atoms with van der Waals surface area (Å²) in [5.41, 5.74) is 2.27. The highest BCUT2D eigenvalue weighted by atomic mass is 79.9. The predicted octanol–water partition coefficient (Wildman–Crippen LogP) is 6.06. The van der Waals surface area contributed by atoms with Crippen molar-refractivity contribution in [1.29, 1.82) is 0 Å². The van der Waals surface area contributed by atoms with Gasteiger partial charge in [0.25, 0.3) is 5.91 Å². The highest BCUT2D eigenvalue weighted by molar-refractivity contribution is 9.10. The van der Waals surface area contributed by atoms with Gasteiger partial charge in [-0.15, -0.1) is 0 Å². The normalized spacial score (nSPS) is 10.9. The number of fused-ring (bicyclic) bond motifs is 1. The lowest BCUT2D eigenvalue weighted by Crippen LogP contribution is -2.30. The quantitative estimate of drug-likeness (QED) is 0.340. The van der Waals surface area contributed by atoms with E-state index in [0.717, 1.165) is 24.9 Å². The maximum atomic E-state index is 13.3. The Balaban J connectivity index is 1.77. The zero-order valence-electron chi connectivity index (χ0n) is 14.0. The van der Waals surface area contributed by atoms with Gasteiger partial charge < -0.3 is 0 Å². The Morgan fingerprint density at radius 2 is 1.85 bits per heavy atom. The lowest BCUT2D eigenvalue weighted by Gasteiger charge is -2.19. The Morgan fingerprint density at radius 3 is 2.63 bits per heavy atom. The number of aromatic nitrogens is 2. The van der Waals surface area contributed by atoms with Crippen LogP contribution in [-0.2, 0) is 6.54 Å². The molecular formula is C20H13Br2N3OS. The second-order valence-electron chi connectivity index (χ2n) is 5.83. The number of hydrogen-bond donors (Lipinski definition) is 0. The number of benzene rings is 2. The van der Waals surface area contributed by atoms with Crippen molar-refractivity contribution < 1.29 is 4.79 Å². The molecule has 27 heavy (non-hydrogen) atoms. The SMILES string of the molecule is O=C(c1cccc(Br)c1)N(Cc1ccccn1)c1nc2ccc(Br)cc2s1. The molecule has 0 aliphatic rings. The molecule has 1 amide bonds. The van der Waals surface area contributed by atoms with Crippen LogP contribution in [0.3, 0.4) is 0 Å². The Morgan fingerprint density at radius 1 is 1.00 bits per heavy atom. The van der Waals surface area contributed by atoms with Crippen LogP contribution in [0.5, 0.6) is 0 Å². The molecule has 2 aromatic heterocycles. The van der Waals surface area contributed by atoms with Gasteiger partial charge in [0.2, 0.25) is 0 Å². The van der Waals surface area contributed by atoms with Crippen LogP contribution in [0.15, 0.2) is 75.8 Å². The van der Waals surface area contributed by atoms with Crippen molar-refractivity contribution in [3.63, 3.8) is 0 Å². The molecule has 0 N–H and O–H groups in total. The molecule has 2 heterocycles. The summed E-state index contributed by atoms with van der Waals surface area (Å²) < 4.78 is 2.87. The number of pyridine rings is 1. The van der Waals surface area contributed by atoms with Gasteiger partial charge in [-0.2, -0.15) is 0 Å². The summed E-state index contributed by atoms with van der Waals surface area (Å²) in [6, 6.07) is 19.0. The molecule has 4 aromatic rings. The van der Waals surface area contributed by atoms with Crippen LogP contribution < -0.4 is 4.90 Å². The lowest BCUT2D eigenvalue weighted by atomic mass is 10.2. The monoisotopic (exact) mass is 501 g/mol. The van der Waals surface area contributed by atoms with Gasteiger partial charge in [0.15, 0.2) is 5.13 Å². The number of hydrogen-bond acceptors (Lipinski definition) is 4. The summed E-state index contributed by atoms with van der Waals surface area (Å²) in [6.07, 6.45) is 1.73. The number of anilines is 1. The molecule has 0 saturated carbocycles. The molecule has 0 radical (unpaired) electrons. The Kier molecular flexibility index (Phi) is 5.33. The molecule has 0 bridgehead atoms. The first-order valence-corrected chi connectivity index (χ1v) is 10.5. The van der Waals surface area contributed by atoms with Gasteiger partial charge in [-0.3, -0.25) is 14.7 Å². The van der Waals surface area contributed by atoms with Crippen LogP contribution in [0.25, 0.3) is 10.2 Å². The number of amides is 1. The van der Waals surface area contributed by atoms with Crippen molar-refractivity contribution in [2.45, 2.75) is 6.54 Å². The van der Waals surface area contributed by atoms with Crippen LogP contribution in [0.1, 0.15) is 16.1 Å². The van der Waals surface area contributed by atoms with E-state index in [1.165, 1.54) is 11.3 Å². The zero-order valence-corrected chi connectivity index (χ0v) is 18.0. The fourth-order valence-electron chi connectivity index (χ4n) is 2.66. The summed E-state index contributed by atoms with van der Waals surface area (Å²) in [4.78, 5) is 24.0. The third-order valence-electron chi connectivity index (χ3n) is 3.93. The Hall–Kier alpha value is -2.09. The second kappa shape index (κ2) is 7.88. The van der Waals surface area contributed by atoms with E-state index in [2.05, 4.69) is 41.8 Å². The number of rotatable bonds is 4. The standard InChI is InChI=1S/C20H13Br2N3OS/c21-14-5-3-4-13(10-14)19(26)25(12-16-6-1-2-9-23-16)20-24-17-8-7-15(22)11-18(17)27-20/h1-11H,12H2. The number of halogens is 2. The van der Waals surface area contributed by atoms with Crippen molar-refractivity contribution in [3.8, 4) is 0 Å². The predicted molar refractivity (Wildman–Crippen MR) is 116 cm³/mol. The minimum absolute atomic E-state index is 0.111. The van der Waals surface area contributed by atoms with Gasteiger partial charge in [0, 0.05) is 20.7 Å². The first-order chi connectivity index (χ1) is 13.1. The van der Waals surface area contributed by atoms with E-state index in [1.807, 2.05) is 60.7 Å². The fourth-order valence-corrected chi connectivity index (χ4v) is 4.57. The van der Waals surface area contributed by atoms with Crippen molar-refractivity contribution in [2.75, 3.05) is 4.90 Å². The molecule has 0 fully saturated rings. The van der Waals surface area contributed by atoms with Crippen molar-refractivity contribution in [2.24, 2.45) is 0 Å². The van der Waals surface area contributed by atoms with E-state index in [4.69, 9.17) is 0 Å². The molecule has 134 valence electrons. The van der Waals surface area contributed by atoms with Crippen LogP contribution >= 0.6 is 43.2 Å². The molecule has 0 saturated heterocycles. The first kappa shape index (κ1) is 18.3. The molecule has 4 nitrogen and oxygen atoms in total. The maximum Gasteiger partial charge on any atom is 0.260 e. The number of nitrogens with zero attached hydrogens (tertiary/aromatic N) is 3. The van der Waals surface area contributed by atoms with Gasteiger partial charge in [-0.25, -0.2) is 4.98 Å². The summed E-state index contributed by atoms with van der Waals surface area (Å²) in [5.74, 6) is -0.111. The van der Waals surface area contributed by atoms with Gasteiger partial charge in [-0.05, 0) is 48.5 Å². The third-order valence-corrected chi connectivity index (χ3v) is 5.96. The zero-order chi connectivity index (χ0) is 18.8. The van der Waals surface area contributed by atoms with E-state index in [-0.39, 0.29) is 5.91 Å². The van der Waals surface area contributed by atoms with Crippen molar-refractivity contribution >= 4 is 64.5 Å². The molecule has 0 spiro atoms. The topological polar surface area (TPSA) is 46.1 Å². The summed E-state index contributed by atoms with van der Waals surface area (Å²) >= 11 is 8.42. The summed E-state index contributed by atoms with van der Waals surface area (Å²) in [5, 5.41) is 0.652. The highest BCUT2D eigenvalue weighted by Gasteiger charge is 2.22. The van der Waals surface area contributed by atoms with E-state index < -0.39 is 0 Å². The molecule has 0 aliphatic heterocycles. The fraction of sp³-hybridized carbons (Fsp3) is 0.0500. The van der Waals surface area contributed by atoms with Crippen LogP contribution in [0.2, 0.25) is 0 Å². The molecule has 7 heteroatoms. The summed E-state index contributed by atoms with van der Waals surface area (Å²) in [7, 11) is 0. The van der Waals surface area contributed by atoms with Crippen LogP contribution in [-0.4, -0.2) is 15.9 Å². The Bertz CT molecular complexity index is 1110. The average molecular weight is 503 g/mol. The van der Waals surface area contributed by atoms with E-state index in [1.54, 1.807) is 11.1 Å². The maximum absolute atomic E-state index is 13.3. The van der Waals surface area contributed by atoms with Gasteiger partial charge in [0.05, 0.1) is 22.5 Å². The average Bonchev–Trinajstić information content (AvgIpc) is 3.09. The molecule has 2 aromatic carbocycles. The number of carbonyl (C=O) groups excluding carboxylic acids is 1. The lowest BCUT2D eigenvalue weighted by molar-refractivity contribution is 0.0984. The smallest absolute Gasteiger partial charge is 0.260 e. The van der Waals surface area contributed by atoms with Crippen molar-refractivity contribution in [1.82, 2.24) is 9.97 Å². The van der Waals surface area contributed by atoms with E-state index in [0.29, 0.717) is 17.2 Å². The van der Waals surface area contributed by atoms with Crippen LogP contribution in [0, 0.1) is 0 Å². The minimum Gasteiger partial charge on any atom is -0.278 e. The van der Waals surface area contributed by atoms with Gasteiger partial charge >= 0.3 is 0 Å². The molecule has 0 unspecified atom stereocenters. The van der Waals surface area contributed by atoms with E-state index in [9.17, 15) is 4.79 Å². The number of carbonyl (C=O) groups is 1. The minimum atomic E-state index is -0.111. The third kappa shape index (κ3) is 4.10. The van der Waals surface area contributed by atoms with Crippen molar-refractivity contribution in [3.05, 3.63) is 87.1 Å². The van der Waals surface area contributed by atoms with Crippen LogP contribution in [0.4, 0.5) is 5.13 Å².